The summed E-state index contributed by atoms with van der Waals surface area (Å²) in [5.74, 6) is -1.16. The van der Waals surface area contributed by atoms with Crippen molar-refractivity contribution in [3.8, 4) is 0 Å². The maximum absolute atomic E-state index is 12.8. The molecular formula is C24H21N3O4. The van der Waals surface area contributed by atoms with E-state index in [1.807, 2.05) is 36.4 Å². The Bertz CT molecular complexity index is 1290. The SMILES string of the molecule is NC(=O)CCNC(=O)c1ccccc1NC(=O)Cc1coc2ccc3ccccc3c12. The van der Waals surface area contributed by atoms with Crippen LogP contribution in [0.4, 0.5) is 5.69 Å². The van der Waals surface area contributed by atoms with Crippen LogP contribution in [0.1, 0.15) is 22.3 Å². The zero-order valence-electron chi connectivity index (χ0n) is 16.7. The van der Waals surface area contributed by atoms with Crippen molar-refractivity contribution in [1.82, 2.24) is 5.32 Å². The number of anilines is 1. The van der Waals surface area contributed by atoms with Crippen molar-refractivity contribution < 1.29 is 18.8 Å². The van der Waals surface area contributed by atoms with Crippen molar-refractivity contribution in [1.29, 1.82) is 0 Å². The Balaban J connectivity index is 1.53. The van der Waals surface area contributed by atoms with Gasteiger partial charge in [-0.1, -0.05) is 42.5 Å². The topological polar surface area (TPSA) is 114 Å². The minimum Gasteiger partial charge on any atom is -0.464 e. The standard InChI is InChI=1S/C24H21N3O4/c25-21(28)11-12-26-24(30)18-7-3-4-8-19(18)27-22(29)13-16-14-31-20-10-9-15-5-1-2-6-17(15)23(16)20/h1-10,14H,11-13H2,(H2,25,28)(H,26,30)(H,27,29). The molecule has 0 saturated heterocycles. The van der Waals surface area contributed by atoms with Gasteiger partial charge in [0.25, 0.3) is 5.91 Å². The second-order valence-corrected chi connectivity index (χ2v) is 7.16. The van der Waals surface area contributed by atoms with E-state index in [0.29, 0.717) is 11.3 Å². The van der Waals surface area contributed by atoms with Crippen molar-refractivity contribution in [2.45, 2.75) is 12.8 Å². The average molecular weight is 415 g/mol. The molecule has 4 aromatic rings. The van der Waals surface area contributed by atoms with Gasteiger partial charge in [-0.2, -0.15) is 0 Å². The number of benzene rings is 3. The molecule has 7 nitrogen and oxygen atoms in total. The van der Waals surface area contributed by atoms with E-state index in [9.17, 15) is 14.4 Å². The Kier molecular flexibility index (Phi) is 5.66. The normalized spacial score (nSPS) is 10.8. The highest BCUT2D eigenvalue weighted by Gasteiger charge is 2.16. The maximum atomic E-state index is 12.8. The highest BCUT2D eigenvalue weighted by molar-refractivity contribution is 6.09. The van der Waals surface area contributed by atoms with E-state index in [1.54, 1.807) is 30.5 Å². The largest absolute Gasteiger partial charge is 0.464 e. The van der Waals surface area contributed by atoms with Crippen molar-refractivity contribution in [2.24, 2.45) is 5.73 Å². The summed E-state index contributed by atoms with van der Waals surface area (Å²) in [7, 11) is 0. The van der Waals surface area contributed by atoms with E-state index in [2.05, 4.69) is 10.6 Å². The van der Waals surface area contributed by atoms with Crippen molar-refractivity contribution in [3.05, 3.63) is 78.1 Å². The molecule has 3 aromatic carbocycles. The monoisotopic (exact) mass is 415 g/mol. The van der Waals surface area contributed by atoms with Crippen LogP contribution in [-0.2, 0) is 16.0 Å². The number of fused-ring (bicyclic) bond motifs is 3. The molecule has 0 radical (unpaired) electrons. The van der Waals surface area contributed by atoms with Gasteiger partial charge in [-0.25, -0.2) is 0 Å². The van der Waals surface area contributed by atoms with Gasteiger partial charge in [0.1, 0.15) is 5.58 Å². The molecule has 0 aliphatic rings. The summed E-state index contributed by atoms with van der Waals surface area (Å²) in [6.45, 7) is 0.129. The number of hydrogen-bond donors (Lipinski definition) is 3. The predicted molar refractivity (Wildman–Crippen MR) is 119 cm³/mol. The second kappa shape index (κ2) is 8.71. The lowest BCUT2D eigenvalue weighted by Crippen LogP contribution is -2.29. The number of carbonyl (C=O) groups is 3. The number of furan rings is 1. The lowest BCUT2D eigenvalue weighted by Gasteiger charge is -2.11. The molecule has 4 rings (SSSR count). The Morgan fingerprint density at radius 2 is 1.71 bits per heavy atom. The molecule has 156 valence electrons. The van der Waals surface area contributed by atoms with E-state index in [4.69, 9.17) is 10.2 Å². The van der Waals surface area contributed by atoms with Crippen LogP contribution in [0.5, 0.6) is 0 Å². The maximum Gasteiger partial charge on any atom is 0.253 e. The van der Waals surface area contributed by atoms with Gasteiger partial charge in [0.2, 0.25) is 11.8 Å². The molecule has 1 heterocycles. The number of nitrogens with two attached hydrogens (primary N) is 1. The van der Waals surface area contributed by atoms with Crippen molar-refractivity contribution in [2.75, 3.05) is 11.9 Å². The van der Waals surface area contributed by atoms with E-state index in [1.165, 1.54) is 0 Å². The molecule has 31 heavy (non-hydrogen) atoms. The van der Waals surface area contributed by atoms with E-state index in [0.717, 1.165) is 27.3 Å². The fourth-order valence-electron chi connectivity index (χ4n) is 3.56. The first kappa shape index (κ1) is 20.2. The number of primary amides is 1. The minimum atomic E-state index is -0.498. The van der Waals surface area contributed by atoms with Gasteiger partial charge in [0, 0.05) is 23.9 Å². The van der Waals surface area contributed by atoms with Gasteiger partial charge in [0.15, 0.2) is 0 Å². The molecule has 3 amide bonds. The molecule has 0 aliphatic heterocycles. The summed E-state index contributed by atoms with van der Waals surface area (Å²) in [4.78, 5) is 36.1. The fourth-order valence-corrected chi connectivity index (χ4v) is 3.56. The van der Waals surface area contributed by atoms with Crippen molar-refractivity contribution >= 4 is 45.2 Å². The molecule has 4 N–H and O–H groups in total. The number of nitrogens with one attached hydrogen (secondary N) is 2. The predicted octanol–water partition coefficient (Wildman–Crippen LogP) is 3.37. The van der Waals surface area contributed by atoms with Crippen molar-refractivity contribution in [3.63, 3.8) is 0 Å². The fraction of sp³-hybridized carbons (Fsp3) is 0.125. The Morgan fingerprint density at radius 3 is 2.55 bits per heavy atom. The van der Waals surface area contributed by atoms with E-state index >= 15 is 0 Å². The molecule has 7 heteroatoms. The smallest absolute Gasteiger partial charge is 0.253 e. The number of amides is 3. The van der Waals surface area contributed by atoms with Gasteiger partial charge in [-0.3, -0.25) is 14.4 Å². The first-order valence-electron chi connectivity index (χ1n) is 9.86. The van der Waals surface area contributed by atoms with E-state index in [-0.39, 0.29) is 25.3 Å². The summed E-state index contributed by atoms with van der Waals surface area (Å²) in [6.07, 6.45) is 1.74. The first-order valence-corrected chi connectivity index (χ1v) is 9.86. The highest BCUT2D eigenvalue weighted by Crippen LogP contribution is 2.30. The number of hydrogen-bond acceptors (Lipinski definition) is 4. The molecule has 0 unspecified atom stereocenters. The number of rotatable bonds is 7. The quantitative estimate of drug-likeness (QED) is 0.429. The average Bonchev–Trinajstić information content (AvgIpc) is 3.17. The third-order valence-electron chi connectivity index (χ3n) is 4.99. The van der Waals surface area contributed by atoms with Crippen LogP contribution in [0.25, 0.3) is 21.7 Å². The summed E-state index contributed by atoms with van der Waals surface area (Å²) in [6, 6.07) is 18.5. The molecular weight excluding hydrogens is 394 g/mol. The molecule has 0 atom stereocenters. The van der Waals surface area contributed by atoms with Crippen LogP contribution in [0, 0.1) is 0 Å². The van der Waals surface area contributed by atoms with Crippen LogP contribution in [-0.4, -0.2) is 24.3 Å². The Hall–Kier alpha value is -4.13. The van der Waals surface area contributed by atoms with Crippen LogP contribution < -0.4 is 16.4 Å². The third kappa shape index (κ3) is 4.40. The Morgan fingerprint density at radius 1 is 0.935 bits per heavy atom. The molecule has 0 saturated carbocycles. The Labute approximate surface area is 178 Å². The zero-order chi connectivity index (χ0) is 21.8. The molecule has 0 fully saturated rings. The summed E-state index contributed by atoms with van der Waals surface area (Å²) in [5, 5.41) is 8.43. The number of para-hydroxylation sites is 1. The lowest BCUT2D eigenvalue weighted by atomic mass is 10.0. The second-order valence-electron chi connectivity index (χ2n) is 7.16. The first-order chi connectivity index (χ1) is 15.0. The van der Waals surface area contributed by atoms with Gasteiger partial charge < -0.3 is 20.8 Å². The van der Waals surface area contributed by atoms with Crippen LogP contribution >= 0.6 is 0 Å². The molecule has 0 spiro atoms. The van der Waals surface area contributed by atoms with Crippen LogP contribution in [0.3, 0.4) is 0 Å². The van der Waals surface area contributed by atoms with Gasteiger partial charge in [-0.15, -0.1) is 0 Å². The zero-order valence-corrected chi connectivity index (χ0v) is 16.7. The molecule has 0 aliphatic carbocycles. The van der Waals surface area contributed by atoms with Gasteiger partial charge in [-0.05, 0) is 29.0 Å². The summed E-state index contributed by atoms with van der Waals surface area (Å²) < 4.78 is 5.65. The van der Waals surface area contributed by atoms with Crippen LogP contribution in [0.2, 0.25) is 0 Å². The van der Waals surface area contributed by atoms with Gasteiger partial charge >= 0.3 is 0 Å². The highest BCUT2D eigenvalue weighted by atomic mass is 16.3. The van der Waals surface area contributed by atoms with Gasteiger partial charge in [0.05, 0.1) is 23.9 Å². The molecule has 1 aromatic heterocycles. The summed E-state index contributed by atoms with van der Waals surface area (Å²) >= 11 is 0. The summed E-state index contributed by atoms with van der Waals surface area (Å²) in [5.41, 5.74) is 7.28. The van der Waals surface area contributed by atoms with Crippen LogP contribution in [0.15, 0.2) is 71.3 Å². The number of carbonyl (C=O) groups excluding carboxylic acids is 3. The molecule has 0 bridgehead atoms. The van der Waals surface area contributed by atoms with E-state index < -0.39 is 11.8 Å². The third-order valence-corrected chi connectivity index (χ3v) is 4.99. The lowest BCUT2D eigenvalue weighted by molar-refractivity contribution is -0.118. The minimum absolute atomic E-state index is 0.0434.